The summed E-state index contributed by atoms with van der Waals surface area (Å²) in [6.07, 6.45) is 1.33. The van der Waals surface area contributed by atoms with Gasteiger partial charge in [0.15, 0.2) is 0 Å². The normalized spacial score (nSPS) is 9.22. The van der Waals surface area contributed by atoms with Crippen molar-refractivity contribution in [2.45, 2.75) is 0 Å². The zero-order valence-electron chi connectivity index (χ0n) is 12.0. The molecule has 2 aromatic carbocycles. The lowest BCUT2D eigenvalue weighted by Gasteiger charge is -2.07. The van der Waals surface area contributed by atoms with E-state index in [-0.39, 0.29) is 5.57 Å². The maximum Gasteiger partial charge on any atom is 0.488 e. The van der Waals surface area contributed by atoms with Crippen molar-refractivity contribution in [1.29, 1.82) is 10.5 Å². The molecule has 0 spiro atoms. The Morgan fingerprint density at radius 3 is 1.96 bits per heavy atom. The fourth-order valence-electron chi connectivity index (χ4n) is 1.71. The summed E-state index contributed by atoms with van der Waals surface area (Å²) in [5, 5.41) is 38.2. The van der Waals surface area contributed by atoms with E-state index in [1.54, 1.807) is 60.7 Å². The van der Waals surface area contributed by atoms with Crippen LogP contribution in [0.4, 0.5) is 5.69 Å². The summed E-state index contributed by atoms with van der Waals surface area (Å²) >= 11 is 0. The molecule has 0 bridgehead atoms. The largest absolute Gasteiger partial charge is 0.488 e. The molecule has 6 nitrogen and oxygen atoms in total. The van der Waals surface area contributed by atoms with Crippen LogP contribution in [0.1, 0.15) is 0 Å². The third kappa shape index (κ3) is 4.62. The van der Waals surface area contributed by atoms with E-state index in [0.717, 1.165) is 0 Å². The van der Waals surface area contributed by atoms with E-state index in [9.17, 15) is 0 Å². The van der Waals surface area contributed by atoms with Gasteiger partial charge in [0, 0.05) is 11.9 Å². The molecule has 112 valence electrons. The first-order valence-electron chi connectivity index (χ1n) is 6.63. The Hall–Kier alpha value is -3.26. The van der Waals surface area contributed by atoms with Gasteiger partial charge in [-0.1, -0.05) is 12.1 Å². The molecule has 0 radical (unpaired) electrons. The summed E-state index contributed by atoms with van der Waals surface area (Å²) in [4.78, 5) is 0. The summed E-state index contributed by atoms with van der Waals surface area (Å²) in [6, 6.07) is 16.8. The van der Waals surface area contributed by atoms with Gasteiger partial charge in [-0.05, 0) is 41.9 Å². The number of hydrogen-bond donors (Lipinski definition) is 3. The fraction of sp³-hybridized carbons (Fsp3) is 0. The standard InChI is InChI=1S/C16H12BN3O3/c18-9-12(10-19)11-20-14-3-7-16(8-4-14)23-15-5-1-13(2-6-15)17(21)22/h1-8,11,20-22H. The van der Waals surface area contributed by atoms with Gasteiger partial charge in [-0.3, -0.25) is 0 Å². The smallest absolute Gasteiger partial charge is 0.457 e. The molecule has 3 N–H and O–H groups in total. The lowest BCUT2D eigenvalue weighted by Crippen LogP contribution is -2.29. The minimum Gasteiger partial charge on any atom is -0.457 e. The highest BCUT2D eigenvalue weighted by atomic mass is 16.5. The van der Waals surface area contributed by atoms with E-state index >= 15 is 0 Å². The molecule has 0 amide bonds. The summed E-state index contributed by atoms with van der Waals surface area (Å²) in [6.45, 7) is 0. The molecule has 7 heteroatoms. The molecule has 0 aromatic heterocycles. The van der Waals surface area contributed by atoms with Gasteiger partial charge in [-0.15, -0.1) is 0 Å². The molecule has 2 aromatic rings. The van der Waals surface area contributed by atoms with Crippen molar-refractivity contribution in [3.63, 3.8) is 0 Å². The monoisotopic (exact) mass is 305 g/mol. The highest BCUT2D eigenvalue weighted by Crippen LogP contribution is 2.22. The fourth-order valence-corrected chi connectivity index (χ4v) is 1.71. The van der Waals surface area contributed by atoms with Gasteiger partial charge in [0.2, 0.25) is 0 Å². The Morgan fingerprint density at radius 2 is 1.48 bits per heavy atom. The van der Waals surface area contributed by atoms with Crippen LogP contribution in [-0.2, 0) is 0 Å². The van der Waals surface area contributed by atoms with Gasteiger partial charge < -0.3 is 20.1 Å². The molecule has 23 heavy (non-hydrogen) atoms. The minimum absolute atomic E-state index is 0.0171. The van der Waals surface area contributed by atoms with E-state index in [1.807, 2.05) is 0 Å². The predicted molar refractivity (Wildman–Crippen MR) is 85.7 cm³/mol. The van der Waals surface area contributed by atoms with Crippen LogP contribution in [0.2, 0.25) is 0 Å². The number of hydrogen-bond acceptors (Lipinski definition) is 6. The topological polar surface area (TPSA) is 109 Å². The maximum atomic E-state index is 9.02. The van der Waals surface area contributed by atoms with Crippen LogP contribution in [0.25, 0.3) is 0 Å². The van der Waals surface area contributed by atoms with Crippen molar-refractivity contribution in [3.05, 3.63) is 60.3 Å². The highest BCUT2D eigenvalue weighted by Gasteiger charge is 2.10. The van der Waals surface area contributed by atoms with Crippen molar-refractivity contribution >= 4 is 18.3 Å². The van der Waals surface area contributed by atoms with Gasteiger partial charge in [-0.2, -0.15) is 10.5 Å². The van der Waals surface area contributed by atoms with Gasteiger partial charge in [0.1, 0.15) is 29.2 Å². The van der Waals surface area contributed by atoms with Crippen LogP contribution in [0.5, 0.6) is 11.5 Å². The van der Waals surface area contributed by atoms with Gasteiger partial charge in [-0.25, -0.2) is 0 Å². The number of ether oxygens (including phenoxy) is 1. The van der Waals surface area contributed by atoms with Crippen molar-refractivity contribution in [2.75, 3.05) is 5.32 Å². The summed E-state index contributed by atoms with van der Waals surface area (Å²) < 4.78 is 5.62. The van der Waals surface area contributed by atoms with Crippen LogP contribution in [0.3, 0.4) is 0 Å². The Bertz CT molecular complexity index is 756. The van der Waals surface area contributed by atoms with Crippen molar-refractivity contribution in [3.8, 4) is 23.6 Å². The SMILES string of the molecule is N#CC(C#N)=CNc1ccc(Oc2ccc(B(O)O)cc2)cc1. The van der Waals surface area contributed by atoms with Crippen molar-refractivity contribution in [2.24, 2.45) is 0 Å². The molecule has 0 aliphatic heterocycles. The number of allylic oxidation sites excluding steroid dienone is 1. The highest BCUT2D eigenvalue weighted by molar-refractivity contribution is 6.58. The zero-order chi connectivity index (χ0) is 16.7. The third-order valence-electron chi connectivity index (χ3n) is 2.89. The Morgan fingerprint density at radius 1 is 0.957 bits per heavy atom. The van der Waals surface area contributed by atoms with Crippen LogP contribution in [0.15, 0.2) is 60.3 Å². The van der Waals surface area contributed by atoms with Crippen LogP contribution < -0.4 is 15.5 Å². The van der Waals surface area contributed by atoms with E-state index in [1.165, 1.54) is 6.20 Å². The van der Waals surface area contributed by atoms with Gasteiger partial charge >= 0.3 is 7.12 Å². The zero-order valence-corrected chi connectivity index (χ0v) is 12.0. The predicted octanol–water partition coefficient (Wildman–Crippen LogP) is 1.50. The minimum atomic E-state index is -1.51. The van der Waals surface area contributed by atoms with E-state index in [2.05, 4.69) is 5.32 Å². The molecule has 2 rings (SSSR count). The molecule has 0 aliphatic rings. The first kappa shape index (κ1) is 16.1. The molecule has 0 atom stereocenters. The Labute approximate surface area is 133 Å². The molecular weight excluding hydrogens is 293 g/mol. The quantitative estimate of drug-likeness (QED) is 0.570. The molecule has 0 saturated carbocycles. The second kappa shape index (κ2) is 7.67. The molecule has 0 heterocycles. The second-order valence-corrected chi connectivity index (χ2v) is 4.50. The summed E-state index contributed by atoms with van der Waals surface area (Å²) in [5.41, 5.74) is 1.07. The average Bonchev–Trinajstić information content (AvgIpc) is 2.58. The van der Waals surface area contributed by atoms with Crippen LogP contribution in [0, 0.1) is 22.7 Å². The summed E-state index contributed by atoms with van der Waals surface area (Å²) in [7, 11) is -1.51. The second-order valence-electron chi connectivity index (χ2n) is 4.50. The van der Waals surface area contributed by atoms with Gasteiger partial charge in [0.05, 0.1) is 0 Å². The number of rotatable bonds is 5. The Balaban J connectivity index is 2.01. The maximum absolute atomic E-state index is 9.02. The van der Waals surface area contributed by atoms with E-state index < -0.39 is 7.12 Å². The lowest BCUT2D eigenvalue weighted by atomic mass is 9.80. The summed E-state index contributed by atoms with van der Waals surface area (Å²) in [5.74, 6) is 1.16. The molecule has 0 saturated heterocycles. The van der Waals surface area contributed by atoms with Crippen LogP contribution >= 0.6 is 0 Å². The number of benzene rings is 2. The van der Waals surface area contributed by atoms with Crippen molar-refractivity contribution in [1.82, 2.24) is 0 Å². The third-order valence-corrected chi connectivity index (χ3v) is 2.89. The van der Waals surface area contributed by atoms with E-state index in [0.29, 0.717) is 22.6 Å². The van der Waals surface area contributed by atoms with Crippen LogP contribution in [-0.4, -0.2) is 17.2 Å². The van der Waals surface area contributed by atoms with Gasteiger partial charge in [0.25, 0.3) is 0 Å². The molecular formula is C16H12BN3O3. The van der Waals surface area contributed by atoms with Crippen molar-refractivity contribution < 1.29 is 14.8 Å². The molecule has 0 aliphatic carbocycles. The lowest BCUT2D eigenvalue weighted by molar-refractivity contribution is 0.425. The molecule has 0 unspecified atom stereocenters. The number of nitriles is 2. The number of nitrogens with one attached hydrogen (secondary N) is 1. The first-order chi connectivity index (χ1) is 11.1. The Kier molecular flexibility index (Phi) is 5.37. The molecule has 0 fully saturated rings. The average molecular weight is 305 g/mol. The number of anilines is 1. The first-order valence-corrected chi connectivity index (χ1v) is 6.63. The van der Waals surface area contributed by atoms with E-state index in [4.69, 9.17) is 25.3 Å². The number of nitrogens with zero attached hydrogens (tertiary/aromatic N) is 2.